The molecule has 4 rings (SSSR count). The van der Waals surface area contributed by atoms with Gasteiger partial charge in [0.25, 0.3) is 5.91 Å². The first-order chi connectivity index (χ1) is 15.6. The Labute approximate surface area is 201 Å². The van der Waals surface area contributed by atoms with Crippen LogP contribution in [0, 0.1) is 0 Å². The molecule has 2 aromatic carbocycles. The van der Waals surface area contributed by atoms with E-state index in [1.165, 1.54) is 31.0 Å². The van der Waals surface area contributed by atoms with E-state index in [0.29, 0.717) is 16.1 Å². The van der Waals surface area contributed by atoms with E-state index in [-0.39, 0.29) is 11.7 Å². The first-order valence-corrected chi connectivity index (χ1v) is 12.3. The van der Waals surface area contributed by atoms with Crippen LogP contribution in [-0.4, -0.2) is 32.6 Å². The maximum Gasteiger partial charge on any atom is 0.250 e. The molecule has 166 valence electrons. The van der Waals surface area contributed by atoms with Gasteiger partial charge in [0.2, 0.25) is 0 Å². The molecule has 0 unspecified atom stereocenters. The summed E-state index contributed by atoms with van der Waals surface area (Å²) in [6, 6.07) is 15.2. The van der Waals surface area contributed by atoms with Gasteiger partial charge in [-0.15, -0.1) is 10.2 Å². The number of carbonyl (C=O) groups is 1. The summed E-state index contributed by atoms with van der Waals surface area (Å²) < 4.78 is 2.19. The highest BCUT2D eigenvalue weighted by atomic mass is 35.5. The van der Waals surface area contributed by atoms with Crippen LogP contribution in [0.3, 0.4) is 0 Å². The van der Waals surface area contributed by atoms with Crippen molar-refractivity contribution in [1.29, 1.82) is 0 Å². The Morgan fingerprint density at radius 3 is 2.38 bits per heavy atom. The van der Waals surface area contributed by atoms with Gasteiger partial charge in [0.05, 0.1) is 12.0 Å². The van der Waals surface area contributed by atoms with Crippen molar-refractivity contribution in [3.8, 4) is 11.4 Å². The third-order valence-electron chi connectivity index (χ3n) is 5.31. The number of amides is 1. The molecule has 1 aromatic heterocycles. The Hall–Kier alpha value is -2.35. The van der Waals surface area contributed by atoms with Gasteiger partial charge in [-0.3, -0.25) is 9.36 Å². The highest BCUT2D eigenvalue weighted by molar-refractivity contribution is 7.99. The van der Waals surface area contributed by atoms with Crippen molar-refractivity contribution in [1.82, 2.24) is 20.2 Å². The van der Waals surface area contributed by atoms with Gasteiger partial charge in [-0.05, 0) is 54.8 Å². The Kier molecular flexibility index (Phi) is 7.84. The van der Waals surface area contributed by atoms with E-state index >= 15 is 0 Å². The Morgan fingerprint density at radius 1 is 1.03 bits per heavy atom. The zero-order valence-electron chi connectivity index (χ0n) is 17.4. The highest BCUT2D eigenvalue weighted by Gasteiger charge is 2.24. The van der Waals surface area contributed by atoms with Crippen molar-refractivity contribution in [2.45, 2.75) is 43.3 Å². The SMILES string of the molecule is O=C(CSc1nnc(-c2ccc(Cl)cc2)n1C1CCCCC1)N/N=C/c1ccc(Cl)cc1. The number of nitrogens with zero attached hydrogens (tertiary/aromatic N) is 4. The molecule has 1 saturated carbocycles. The molecule has 0 atom stereocenters. The Morgan fingerprint density at radius 2 is 1.69 bits per heavy atom. The smallest absolute Gasteiger partial charge is 0.250 e. The second-order valence-corrected chi connectivity index (χ2v) is 9.42. The number of halogens is 2. The van der Waals surface area contributed by atoms with E-state index < -0.39 is 0 Å². The van der Waals surface area contributed by atoms with Crippen LogP contribution in [0.2, 0.25) is 10.0 Å². The number of carbonyl (C=O) groups excluding carboxylic acids is 1. The third-order valence-corrected chi connectivity index (χ3v) is 6.76. The maximum atomic E-state index is 12.3. The first-order valence-electron chi connectivity index (χ1n) is 10.5. The van der Waals surface area contributed by atoms with Crippen LogP contribution < -0.4 is 5.43 Å². The summed E-state index contributed by atoms with van der Waals surface area (Å²) in [5, 5.41) is 15.0. The summed E-state index contributed by atoms with van der Waals surface area (Å²) >= 11 is 13.3. The molecule has 6 nitrogen and oxygen atoms in total. The van der Waals surface area contributed by atoms with Crippen molar-refractivity contribution >= 4 is 47.1 Å². The van der Waals surface area contributed by atoms with E-state index in [4.69, 9.17) is 23.2 Å². The normalized spacial score (nSPS) is 14.7. The second kappa shape index (κ2) is 11.0. The summed E-state index contributed by atoms with van der Waals surface area (Å²) in [5.41, 5.74) is 4.39. The summed E-state index contributed by atoms with van der Waals surface area (Å²) in [4.78, 5) is 12.3. The Balaban J connectivity index is 1.44. The predicted octanol–water partition coefficient (Wildman–Crippen LogP) is 6.00. The average Bonchev–Trinajstić information content (AvgIpc) is 3.24. The molecule has 0 bridgehead atoms. The minimum atomic E-state index is -0.202. The van der Waals surface area contributed by atoms with Gasteiger partial charge in [0.15, 0.2) is 11.0 Å². The molecule has 1 amide bonds. The van der Waals surface area contributed by atoms with Crippen LogP contribution in [0.4, 0.5) is 0 Å². The quantitative estimate of drug-likeness (QED) is 0.252. The minimum Gasteiger partial charge on any atom is -0.299 e. The fourth-order valence-electron chi connectivity index (χ4n) is 3.73. The highest BCUT2D eigenvalue weighted by Crippen LogP contribution is 2.35. The number of aromatic nitrogens is 3. The number of hydrogen-bond donors (Lipinski definition) is 1. The summed E-state index contributed by atoms with van der Waals surface area (Å²) in [6.07, 6.45) is 7.39. The van der Waals surface area contributed by atoms with Crippen LogP contribution in [-0.2, 0) is 4.79 Å². The maximum absolute atomic E-state index is 12.3. The number of hydrazone groups is 1. The number of nitrogens with one attached hydrogen (secondary N) is 1. The van der Waals surface area contributed by atoms with E-state index in [9.17, 15) is 4.79 Å². The molecule has 1 fully saturated rings. The van der Waals surface area contributed by atoms with Gasteiger partial charge in [-0.25, -0.2) is 5.43 Å². The van der Waals surface area contributed by atoms with E-state index in [0.717, 1.165) is 34.9 Å². The van der Waals surface area contributed by atoms with Crippen molar-refractivity contribution < 1.29 is 4.79 Å². The number of hydrogen-bond acceptors (Lipinski definition) is 5. The molecule has 0 saturated heterocycles. The lowest BCUT2D eigenvalue weighted by Gasteiger charge is -2.25. The molecule has 1 N–H and O–H groups in total. The van der Waals surface area contributed by atoms with Crippen LogP contribution in [0.15, 0.2) is 58.8 Å². The number of benzene rings is 2. The zero-order valence-corrected chi connectivity index (χ0v) is 19.7. The van der Waals surface area contributed by atoms with Crippen molar-refractivity contribution in [2.24, 2.45) is 5.10 Å². The molecule has 0 radical (unpaired) electrons. The summed E-state index contributed by atoms with van der Waals surface area (Å²) in [5.74, 6) is 0.812. The largest absolute Gasteiger partial charge is 0.299 e. The van der Waals surface area contributed by atoms with Gasteiger partial charge < -0.3 is 0 Å². The van der Waals surface area contributed by atoms with Crippen molar-refractivity contribution in [2.75, 3.05) is 5.75 Å². The van der Waals surface area contributed by atoms with Crippen LogP contribution in [0.1, 0.15) is 43.7 Å². The molecular formula is C23H23Cl2N5OS. The Bertz CT molecular complexity index is 1080. The topological polar surface area (TPSA) is 72.2 Å². The lowest BCUT2D eigenvalue weighted by molar-refractivity contribution is -0.118. The molecule has 9 heteroatoms. The van der Waals surface area contributed by atoms with Crippen LogP contribution in [0.25, 0.3) is 11.4 Å². The zero-order chi connectivity index (χ0) is 22.3. The molecule has 0 aliphatic heterocycles. The fourth-order valence-corrected chi connectivity index (χ4v) is 4.78. The van der Waals surface area contributed by atoms with Gasteiger partial charge in [-0.2, -0.15) is 5.10 Å². The number of rotatable bonds is 7. The summed E-state index contributed by atoms with van der Waals surface area (Å²) in [7, 11) is 0. The van der Waals surface area contributed by atoms with E-state index in [1.54, 1.807) is 18.3 Å². The lowest BCUT2D eigenvalue weighted by atomic mass is 9.95. The molecule has 0 spiro atoms. The molecule has 32 heavy (non-hydrogen) atoms. The van der Waals surface area contributed by atoms with Crippen LogP contribution in [0.5, 0.6) is 0 Å². The standard InChI is InChI=1S/C23H23Cl2N5OS/c24-18-10-6-16(7-11-18)14-26-27-21(31)15-32-23-29-28-22(17-8-12-19(25)13-9-17)30(23)20-4-2-1-3-5-20/h6-14,20H,1-5,15H2,(H,27,31)/b26-14+. The number of thioether (sulfide) groups is 1. The minimum absolute atomic E-state index is 0.198. The second-order valence-electron chi connectivity index (χ2n) is 7.61. The van der Waals surface area contributed by atoms with Gasteiger partial charge in [-0.1, -0.05) is 66.4 Å². The van der Waals surface area contributed by atoms with Crippen LogP contribution >= 0.6 is 35.0 Å². The molecule has 1 aliphatic rings. The third kappa shape index (κ3) is 5.91. The van der Waals surface area contributed by atoms with E-state index in [1.807, 2.05) is 36.4 Å². The summed E-state index contributed by atoms with van der Waals surface area (Å²) in [6.45, 7) is 0. The predicted molar refractivity (Wildman–Crippen MR) is 131 cm³/mol. The van der Waals surface area contributed by atoms with E-state index in [2.05, 4.69) is 25.3 Å². The molecule has 1 heterocycles. The first kappa shape index (κ1) is 22.8. The monoisotopic (exact) mass is 487 g/mol. The molecule has 3 aromatic rings. The lowest BCUT2D eigenvalue weighted by Crippen LogP contribution is -2.20. The van der Waals surface area contributed by atoms with Gasteiger partial charge >= 0.3 is 0 Å². The fraction of sp³-hybridized carbons (Fsp3) is 0.304. The molecular weight excluding hydrogens is 465 g/mol. The van der Waals surface area contributed by atoms with Crippen molar-refractivity contribution in [3.63, 3.8) is 0 Å². The van der Waals surface area contributed by atoms with Gasteiger partial charge in [0, 0.05) is 21.7 Å². The molecule has 1 aliphatic carbocycles. The average molecular weight is 488 g/mol. The van der Waals surface area contributed by atoms with Crippen molar-refractivity contribution in [3.05, 3.63) is 64.1 Å². The van der Waals surface area contributed by atoms with Gasteiger partial charge in [0.1, 0.15) is 0 Å².